The Morgan fingerprint density at radius 2 is 2.24 bits per heavy atom. The molecule has 1 saturated heterocycles. The van der Waals surface area contributed by atoms with E-state index < -0.39 is 12.1 Å². The first-order valence-electron chi connectivity index (χ1n) is 6.85. The highest BCUT2D eigenvalue weighted by Gasteiger charge is 2.34. The SMILES string of the molecule is Cc1ccc(C(=O)N(C)C[C@@H]2C[C@H](F)CN2CC(N)=O)s1. The predicted molar refractivity (Wildman–Crippen MR) is 80.1 cm³/mol. The third-order valence-corrected chi connectivity index (χ3v) is 4.61. The Balaban J connectivity index is 1.98. The van der Waals surface area contributed by atoms with Crippen molar-refractivity contribution < 1.29 is 14.0 Å². The number of halogens is 1. The highest BCUT2D eigenvalue weighted by molar-refractivity contribution is 7.13. The van der Waals surface area contributed by atoms with Crippen LogP contribution in [0.3, 0.4) is 0 Å². The van der Waals surface area contributed by atoms with Crippen molar-refractivity contribution in [1.82, 2.24) is 9.80 Å². The van der Waals surface area contributed by atoms with Crippen molar-refractivity contribution >= 4 is 23.2 Å². The smallest absolute Gasteiger partial charge is 0.263 e. The summed E-state index contributed by atoms with van der Waals surface area (Å²) in [5, 5.41) is 0. The number of nitrogens with two attached hydrogens (primary N) is 1. The van der Waals surface area contributed by atoms with Gasteiger partial charge >= 0.3 is 0 Å². The number of rotatable bonds is 5. The number of likely N-dealkylation sites (N-methyl/N-ethyl adjacent to an activating group) is 1. The van der Waals surface area contributed by atoms with Crippen LogP contribution in [0.15, 0.2) is 12.1 Å². The largest absolute Gasteiger partial charge is 0.369 e. The molecule has 2 atom stereocenters. The first kappa shape index (κ1) is 15.9. The molecule has 0 radical (unpaired) electrons. The zero-order valence-corrected chi connectivity index (χ0v) is 13.0. The lowest BCUT2D eigenvalue weighted by atomic mass is 10.2. The molecule has 1 aromatic heterocycles. The van der Waals surface area contributed by atoms with Crippen LogP contribution in [0.1, 0.15) is 21.0 Å². The zero-order chi connectivity index (χ0) is 15.6. The molecular weight excluding hydrogens is 293 g/mol. The normalized spacial score (nSPS) is 22.4. The number of primary amides is 1. The topological polar surface area (TPSA) is 66.6 Å². The standard InChI is InChI=1S/C14H20FN3O2S/c1-9-3-4-12(21-9)14(20)17(2)7-11-5-10(15)6-18(11)8-13(16)19/h3-4,10-11H,5-8H2,1-2H3,(H2,16,19)/t10-,11-/m0/s1. The molecule has 1 aliphatic rings. The van der Waals surface area contributed by atoms with E-state index in [9.17, 15) is 14.0 Å². The number of alkyl halides is 1. The van der Waals surface area contributed by atoms with Crippen molar-refractivity contribution in [3.63, 3.8) is 0 Å². The van der Waals surface area contributed by atoms with Crippen molar-refractivity contribution in [2.45, 2.75) is 25.6 Å². The first-order chi connectivity index (χ1) is 9.86. The monoisotopic (exact) mass is 313 g/mol. The van der Waals surface area contributed by atoms with E-state index >= 15 is 0 Å². The second-order valence-corrected chi connectivity index (χ2v) is 6.77. The minimum absolute atomic E-state index is 0.0330. The van der Waals surface area contributed by atoms with E-state index in [0.717, 1.165) is 4.88 Å². The summed E-state index contributed by atoms with van der Waals surface area (Å²) >= 11 is 1.44. The van der Waals surface area contributed by atoms with Crippen molar-refractivity contribution in [2.24, 2.45) is 5.73 Å². The molecule has 5 nitrogen and oxygen atoms in total. The predicted octanol–water partition coefficient (Wildman–Crippen LogP) is 1.03. The zero-order valence-electron chi connectivity index (χ0n) is 12.2. The van der Waals surface area contributed by atoms with E-state index in [-0.39, 0.29) is 25.0 Å². The first-order valence-corrected chi connectivity index (χ1v) is 7.66. The maximum absolute atomic E-state index is 13.6. The van der Waals surface area contributed by atoms with Gasteiger partial charge in [0.15, 0.2) is 0 Å². The number of nitrogens with zero attached hydrogens (tertiary/aromatic N) is 2. The number of hydrogen-bond donors (Lipinski definition) is 1. The summed E-state index contributed by atoms with van der Waals surface area (Å²) in [6.07, 6.45) is -0.643. The van der Waals surface area contributed by atoms with Gasteiger partial charge in [0.2, 0.25) is 5.91 Å². The Kier molecular flexibility index (Phi) is 4.95. The summed E-state index contributed by atoms with van der Waals surface area (Å²) in [6.45, 7) is 2.57. The maximum atomic E-state index is 13.6. The van der Waals surface area contributed by atoms with Gasteiger partial charge in [-0.3, -0.25) is 14.5 Å². The van der Waals surface area contributed by atoms with Gasteiger partial charge in [-0.2, -0.15) is 0 Å². The molecule has 116 valence electrons. The van der Waals surface area contributed by atoms with Gasteiger partial charge < -0.3 is 10.6 Å². The highest BCUT2D eigenvalue weighted by atomic mass is 32.1. The molecule has 0 unspecified atom stereocenters. The average molecular weight is 313 g/mol. The van der Waals surface area contributed by atoms with Crippen LogP contribution in [-0.2, 0) is 4.79 Å². The minimum Gasteiger partial charge on any atom is -0.369 e. The van der Waals surface area contributed by atoms with Crippen molar-refractivity contribution in [2.75, 3.05) is 26.7 Å². The van der Waals surface area contributed by atoms with Gasteiger partial charge in [0.05, 0.1) is 11.4 Å². The number of likely N-dealkylation sites (tertiary alicyclic amines) is 1. The second kappa shape index (κ2) is 6.53. The minimum atomic E-state index is -0.971. The molecular formula is C14H20FN3O2S. The van der Waals surface area contributed by atoms with E-state index in [1.807, 2.05) is 13.0 Å². The molecule has 0 aliphatic carbocycles. The average Bonchev–Trinajstić information content (AvgIpc) is 2.95. The Bertz CT molecular complexity index is 534. The molecule has 21 heavy (non-hydrogen) atoms. The molecule has 1 aliphatic heterocycles. The van der Waals surface area contributed by atoms with E-state index in [1.54, 1.807) is 22.9 Å². The van der Waals surface area contributed by atoms with Gasteiger partial charge in [0.25, 0.3) is 5.91 Å². The van der Waals surface area contributed by atoms with E-state index in [0.29, 0.717) is 17.8 Å². The third kappa shape index (κ3) is 4.01. The number of aryl methyl sites for hydroxylation is 1. The number of carbonyl (C=O) groups excluding carboxylic acids is 2. The molecule has 2 heterocycles. The molecule has 2 rings (SSSR count). The Hall–Kier alpha value is -1.47. The van der Waals surface area contributed by atoms with Gasteiger partial charge in [0, 0.05) is 31.1 Å². The number of thiophene rings is 1. The molecule has 7 heteroatoms. The Morgan fingerprint density at radius 1 is 1.52 bits per heavy atom. The molecule has 2 amide bonds. The number of hydrogen-bond acceptors (Lipinski definition) is 4. The van der Waals surface area contributed by atoms with Crippen LogP contribution in [-0.4, -0.2) is 60.5 Å². The third-order valence-electron chi connectivity index (χ3n) is 3.62. The van der Waals surface area contributed by atoms with E-state index in [1.165, 1.54) is 11.3 Å². The summed E-state index contributed by atoms with van der Waals surface area (Å²) in [5.74, 6) is -0.550. The van der Waals surface area contributed by atoms with Crippen molar-refractivity contribution in [3.8, 4) is 0 Å². The van der Waals surface area contributed by atoms with Crippen LogP contribution in [0.2, 0.25) is 0 Å². The summed E-state index contributed by atoms with van der Waals surface area (Å²) in [5.41, 5.74) is 5.18. The summed E-state index contributed by atoms with van der Waals surface area (Å²) in [7, 11) is 1.70. The molecule has 1 fully saturated rings. The fourth-order valence-electron chi connectivity index (χ4n) is 2.64. The molecule has 0 bridgehead atoms. The van der Waals surface area contributed by atoms with Crippen LogP contribution < -0.4 is 5.73 Å². The Morgan fingerprint density at radius 3 is 2.81 bits per heavy atom. The fraction of sp³-hybridized carbons (Fsp3) is 0.571. The summed E-state index contributed by atoms with van der Waals surface area (Å²) < 4.78 is 13.6. The Labute approximate surface area is 127 Å². The van der Waals surface area contributed by atoms with Gasteiger partial charge in [-0.1, -0.05) is 0 Å². The lowest BCUT2D eigenvalue weighted by Crippen LogP contribution is -2.44. The van der Waals surface area contributed by atoms with Crippen molar-refractivity contribution in [1.29, 1.82) is 0 Å². The second-order valence-electron chi connectivity index (χ2n) is 5.48. The fourth-order valence-corrected chi connectivity index (χ4v) is 3.50. The van der Waals surface area contributed by atoms with E-state index in [2.05, 4.69) is 0 Å². The van der Waals surface area contributed by atoms with Gasteiger partial charge in [0.1, 0.15) is 6.17 Å². The quantitative estimate of drug-likeness (QED) is 0.883. The van der Waals surface area contributed by atoms with Crippen LogP contribution >= 0.6 is 11.3 Å². The summed E-state index contributed by atoms with van der Waals surface area (Å²) in [4.78, 5) is 28.4. The molecule has 2 N–H and O–H groups in total. The van der Waals surface area contributed by atoms with Crippen LogP contribution in [0.4, 0.5) is 4.39 Å². The lowest BCUT2D eigenvalue weighted by molar-refractivity contribution is -0.119. The van der Waals surface area contributed by atoms with Crippen LogP contribution in [0.25, 0.3) is 0 Å². The molecule has 1 aromatic rings. The van der Waals surface area contributed by atoms with Crippen LogP contribution in [0, 0.1) is 6.92 Å². The molecule has 0 saturated carbocycles. The molecule has 0 aromatic carbocycles. The summed E-state index contributed by atoms with van der Waals surface area (Å²) in [6, 6.07) is 3.53. The number of amides is 2. The highest BCUT2D eigenvalue weighted by Crippen LogP contribution is 2.22. The van der Waals surface area contributed by atoms with Crippen molar-refractivity contribution in [3.05, 3.63) is 21.9 Å². The lowest BCUT2D eigenvalue weighted by Gasteiger charge is -2.27. The maximum Gasteiger partial charge on any atom is 0.263 e. The van der Waals surface area contributed by atoms with Gasteiger partial charge in [-0.15, -0.1) is 11.3 Å². The molecule has 0 spiro atoms. The van der Waals surface area contributed by atoms with E-state index in [4.69, 9.17) is 5.73 Å². The van der Waals surface area contributed by atoms with Gasteiger partial charge in [-0.05, 0) is 25.5 Å². The van der Waals surface area contributed by atoms with Gasteiger partial charge in [-0.25, -0.2) is 4.39 Å². The van der Waals surface area contributed by atoms with Crippen LogP contribution in [0.5, 0.6) is 0 Å². The number of carbonyl (C=O) groups is 2.